The van der Waals surface area contributed by atoms with E-state index in [4.69, 9.17) is 9.47 Å². The zero-order valence-electron chi connectivity index (χ0n) is 20.5. The van der Waals surface area contributed by atoms with Crippen LogP contribution in [0.5, 0.6) is 0 Å². The highest BCUT2D eigenvalue weighted by molar-refractivity contribution is 7.18. The van der Waals surface area contributed by atoms with Crippen molar-refractivity contribution < 1.29 is 28.7 Å². The van der Waals surface area contributed by atoms with Crippen molar-refractivity contribution in [1.29, 1.82) is 0 Å². The van der Waals surface area contributed by atoms with Crippen molar-refractivity contribution in [3.8, 4) is 0 Å². The number of benzene rings is 1. The number of esters is 2. The largest absolute Gasteiger partial charge is 0.462 e. The number of rotatable bonds is 10. The normalized spacial score (nSPS) is 11.0. The second kappa shape index (κ2) is 11.8. The number of hydrogen-bond acceptors (Lipinski definition) is 7. The molecule has 0 aliphatic heterocycles. The van der Waals surface area contributed by atoms with E-state index in [1.165, 1.54) is 16.8 Å². The van der Waals surface area contributed by atoms with E-state index in [9.17, 15) is 19.2 Å². The first-order valence-electron chi connectivity index (χ1n) is 11.0. The van der Waals surface area contributed by atoms with Gasteiger partial charge in [0.1, 0.15) is 22.0 Å². The molecule has 2 rings (SSSR count). The average Bonchev–Trinajstić information content (AvgIpc) is 3.10. The number of ether oxygens (including phenoxy) is 2. The van der Waals surface area contributed by atoms with Crippen molar-refractivity contribution in [3.63, 3.8) is 0 Å². The Morgan fingerprint density at radius 3 is 2.32 bits per heavy atom. The Bertz CT molecular complexity index is 1030. The molecule has 34 heavy (non-hydrogen) atoms. The fourth-order valence-electron chi connectivity index (χ4n) is 3.27. The molecule has 0 bridgehead atoms. The highest BCUT2D eigenvalue weighted by Crippen LogP contribution is 2.37. The minimum atomic E-state index is -0.687. The third kappa shape index (κ3) is 7.15. The summed E-state index contributed by atoms with van der Waals surface area (Å²) in [5.41, 5.74) is 0.946. The van der Waals surface area contributed by atoms with Gasteiger partial charge < -0.3 is 19.3 Å². The fraction of sp³-hybridized carbons (Fsp3) is 0.440. The molecule has 0 aliphatic rings. The Morgan fingerprint density at radius 1 is 1.12 bits per heavy atom. The third-order valence-electron chi connectivity index (χ3n) is 4.81. The monoisotopic (exact) mass is 488 g/mol. The number of thiophene rings is 1. The maximum atomic E-state index is 13.4. The van der Waals surface area contributed by atoms with Gasteiger partial charge in [-0.05, 0) is 52.2 Å². The third-order valence-corrected chi connectivity index (χ3v) is 6.12. The molecule has 2 aromatic rings. The molecule has 0 unspecified atom stereocenters. The predicted octanol–water partition coefficient (Wildman–Crippen LogP) is 3.85. The number of nitrogens with zero attached hydrogens (tertiary/aromatic N) is 2. The van der Waals surface area contributed by atoms with Gasteiger partial charge in [-0.3, -0.25) is 14.4 Å². The first-order chi connectivity index (χ1) is 16.0. The van der Waals surface area contributed by atoms with E-state index in [1.807, 2.05) is 30.3 Å². The number of carbonyl (C=O) groups excluding carboxylic acids is 4. The van der Waals surface area contributed by atoms with Crippen LogP contribution in [-0.4, -0.2) is 61.5 Å². The van der Waals surface area contributed by atoms with Crippen molar-refractivity contribution in [3.05, 3.63) is 51.9 Å². The Hall–Kier alpha value is -3.20. The van der Waals surface area contributed by atoms with Gasteiger partial charge in [0, 0.05) is 13.6 Å². The van der Waals surface area contributed by atoms with Crippen LogP contribution < -0.4 is 4.90 Å². The molecule has 8 nitrogen and oxygen atoms in total. The summed E-state index contributed by atoms with van der Waals surface area (Å²) in [5, 5.41) is 0.340. The Morgan fingerprint density at radius 2 is 1.76 bits per heavy atom. The van der Waals surface area contributed by atoms with E-state index in [1.54, 1.807) is 34.6 Å². The van der Waals surface area contributed by atoms with Crippen LogP contribution in [0.4, 0.5) is 5.00 Å². The molecule has 1 aromatic carbocycles. The van der Waals surface area contributed by atoms with E-state index < -0.39 is 23.4 Å². The first kappa shape index (κ1) is 27.0. The van der Waals surface area contributed by atoms with Gasteiger partial charge in [-0.15, -0.1) is 11.3 Å². The molecule has 0 atom stereocenters. The maximum absolute atomic E-state index is 13.4. The smallest absolute Gasteiger partial charge is 0.348 e. The molecule has 9 heteroatoms. The number of amides is 2. The van der Waals surface area contributed by atoms with Crippen LogP contribution >= 0.6 is 11.3 Å². The number of hydrogen-bond donors (Lipinski definition) is 0. The summed E-state index contributed by atoms with van der Waals surface area (Å²) >= 11 is 1.03. The lowest BCUT2D eigenvalue weighted by Gasteiger charge is -2.24. The fourth-order valence-corrected chi connectivity index (χ4v) is 4.45. The Labute approximate surface area is 204 Å². The molecule has 0 fully saturated rings. The van der Waals surface area contributed by atoms with Crippen LogP contribution in [0.2, 0.25) is 0 Å². The summed E-state index contributed by atoms with van der Waals surface area (Å²) in [6.45, 7) is 8.78. The van der Waals surface area contributed by atoms with Gasteiger partial charge >= 0.3 is 11.9 Å². The van der Waals surface area contributed by atoms with Crippen LogP contribution in [0, 0.1) is 6.92 Å². The second-order valence-corrected chi connectivity index (χ2v) is 9.74. The number of carbonyl (C=O) groups is 4. The molecule has 1 aromatic heterocycles. The molecule has 2 amide bonds. The summed E-state index contributed by atoms with van der Waals surface area (Å²) < 4.78 is 10.5. The van der Waals surface area contributed by atoms with E-state index in [-0.39, 0.29) is 23.6 Å². The molecule has 1 heterocycles. The standard InChI is InChI=1S/C25H32N2O6S/c1-7-32-24(31)21-17(2)20(22(30)26(6)15-19(29)33-25(3,4)5)23(34-21)27(16-28)14-13-18-11-9-8-10-12-18/h8-12,16H,7,13-15H2,1-6H3. The van der Waals surface area contributed by atoms with Crippen molar-refractivity contribution in [2.75, 3.05) is 31.6 Å². The summed E-state index contributed by atoms with van der Waals surface area (Å²) in [4.78, 5) is 53.1. The van der Waals surface area contributed by atoms with Crippen LogP contribution in [0.25, 0.3) is 0 Å². The minimum Gasteiger partial charge on any atom is -0.462 e. The summed E-state index contributed by atoms with van der Waals surface area (Å²) in [6, 6.07) is 9.64. The topological polar surface area (TPSA) is 93.2 Å². The SMILES string of the molecule is CCOC(=O)c1sc(N(C=O)CCc2ccccc2)c(C(=O)N(C)CC(=O)OC(C)(C)C)c1C. The van der Waals surface area contributed by atoms with E-state index in [0.717, 1.165) is 16.9 Å². The molecule has 0 N–H and O–H groups in total. The van der Waals surface area contributed by atoms with Gasteiger partial charge in [0.15, 0.2) is 0 Å². The van der Waals surface area contributed by atoms with Gasteiger partial charge in [-0.25, -0.2) is 4.79 Å². The van der Waals surface area contributed by atoms with Crippen molar-refractivity contribution in [1.82, 2.24) is 4.90 Å². The van der Waals surface area contributed by atoms with Gasteiger partial charge in [-0.1, -0.05) is 30.3 Å². The van der Waals surface area contributed by atoms with Crippen molar-refractivity contribution in [2.45, 2.75) is 46.6 Å². The van der Waals surface area contributed by atoms with Gasteiger partial charge in [0.05, 0.1) is 12.2 Å². The molecule has 0 saturated carbocycles. The highest BCUT2D eigenvalue weighted by atomic mass is 32.1. The van der Waals surface area contributed by atoms with Gasteiger partial charge in [-0.2, -0.15) is 0 Å². The van der Waals surface area contributed by atoms with E-state index >= 15 is 0 Å². The lowest BCUT2D eigenvalue weighted by atomic mass is 10.1. The lowest BCUT2D eigenvalue weighted by molar-refractivity contribution is -0.155. The molecule has 0 saturated heterocycles. The second-order valence-electron chi connectivity index (χ2n) is 8.74. The predicted molar refractivity (Wildman–Crippen MR) is 131 cm³/mol. The average molecular weight is 489 g/mol. The van der Waals surface area contributed by atoms with Crippen LogP contribution in [0.1, 0.15) is 58.9 Å². The first-order valence-corrected chi connectivity index (χ1v) is 11.8. The number of likely N-dealkylation sites (N-methyl/N-ethyl adjacent to an activating group) is 1. The molecule has 0 spiro atoms. The lowest BCUT2D eigenvalue weighted by Crippen LogP contribution is -2.37. The Kier molecular flexibility index (Phi) is 9.37. The zero-order chi connectivity index (χ0) is 25.5. The van der Waals surface area contributed by atoms with Crippen LogP contribution in [0.15, 0.2) is 30.3 Å². The van der Waals surface area contributed by atoms with Crippen molar-refractivity contribution >= 4 is 40.6 Å². The van der Waals surface area contributed by atoms with Gasteiger partial charge in [0.25, 0.3) is 5.91 Å². The zero-order valence-corrected chi connectivity index (χ0v) is 21.4. The summed E-state index contributed by atoms with van der Waals surface area (Å²) in [5.74, 6) is -1.61. The molecule has 184 valence electrons. The Balaban J connectivity index is 2.39. The van der Waals surface area contributed by atoms with E-state index in [0.29, 0.717) is 29.9 Å². The van der Waals surface area contributed by atoms with Crippen LogP contribution in [0.3, 0.4) is 0 Å². The maximum Gasteiger partial charge on any atom is 0.348 e. The highest BCUT2D eigenvalue weighted by Gasteiger charge is 2.31. The van der Waals surface area contributed by atoms with Gasteiger partial charge in [0.2, 0.25) is 6.41 Å². The minimum absolute atomic E-state index is 0.179. The summed E-state index contributed by atoms with van der Waals surface area (Å²) in [6.07, 6.45) is 1.21. The molecular weight excluding hydrogens is 456 g/mol. The summed E-state index contributed by atoms with van der Waals surface area (Å²) in [7, 11) is 1.48. The van der Waals surface area contributed by atoms with Crippen LogP contribution in [-0.2, 0) is 25.5 Å². The van der Waals surface area contributed by atoms with E-state index in [2.05, 4.69) is 0 Å². The van der Waals surface area contributed by atoms with Crippen molar-refractivity contribution in [2.24, 2.45) is 0 Å². The molecular formula is C25H32N2O6S. The quantitative estimate of drug-likeness (QED) is 0.373. The molecule has 0 radical (unpaired) electrons. The number of anilines is 1. The molecule has 0 aliphatic carbocycles.